The lowest BCUT2D eigenvalue weighted by molar-refractivity contribution is -0.171. The number of alkyl halides is 8. The summed E-state index contributed by atoms with van der Waals surface area (Å²) in [6, 6.07) is 0. The van der Waals surface area contributed by atoms with Crippen LogP contribution in [0.1, 0.15) is 0 Å². The van der Waals surface area contributed by atoms with Gasteiger partial charge >= 0.3 is 18.5 Å². The van der Waals surface area contributed by atoms with Crippen LogP contribution in [0.4, 0.5) is 35.1 Å². The van der Waals surface area contributed by atoms with E-state index < -0.39 is 24.0 Å². The first-order valence-corrected chi connectivity index (χ1v) is 3.21. The van der Waals surface area contributed by atoms with Crippen LogP contribution in [0.3, 0.4) is 0 Å². The summed E-state index contributed by atoms with van der Waals surface area (Å²) in [5.41, 5.74) is -2.68. The Morgan fingerprint density at radius 2 is 1.20 bits per heavy atom. The Labute approximate surface area is 78.3 Å². The van der Waals surface area contributed by atoms with Gasteiger partial charge in [0.05, 0.1) is 0 Å². The summed E-state index contributed by atoms with van der Waals surface area (Å²) in [5.74, 6) is 0. The fraction of sp³-hybridized carbons (Fsp3) is 0.667. The van der Waals surface area contributed by atoms with Crippen molar-refractivity contribution >= 4 is 0 Å². The van der Waals surface area contributed by atoms with Gasteiger partial charge in [-0.1, -0.05) is 6.58 Å². The maximum atomic E-state index is 11.1. The standard InChI is InChI=1S/C4H2F6.C2H2F2O/c1-2(3(5,6)7)4(8,9)10;3-2(4)1-5-2/h1H2;1H2. The molecule has 90 valence electrons. The highest BCUT2D eigenvalue weighted by Crippen LogP contribution is 2.36. The van der Waals surface area contributed by atoms with Crippen LogP contribution in [-0.2, 0) is 4.74 Å². The molecule has 1 fully saturated rings. The van der Waals surface area contributed by atoms with Crippen LogP contribution < -0.4 is 0 Å². The Morgan fingerprint density at radius 1 is 1.00 bits per heavy atom. The lowest BCUT2D eigenvalue weighted by Crippen LogP contribution is -2.24. The Morgan fingerprint density at radius 3 is 1.20 bits per heavy atom. The van der Waals surface area contributed by atoms with Gasteiger partial charge in [0.25, 0.3) is 0 Å². The molecule has 0 aliphatic carbocycles. The van der Waals surface area contributed by atoms with Gasteiger partial charge in [-0.25, -0.2) is 0 Å². The van der Waals surface area contributed by atoms with Gasteiger partial charge in [-0.2, -0.15) is 35.1 Å². The number of epoxide rings is 1. The van der Waals surface area contributed by atoms with Crippen LogP contribution in [0.2, 0.25) is 0 Å². The smallest absolute Gasteiger partial charge is 0.309 e. The maximum Gasteiger partial charge on any atom is 0.420 e. The molecule has 1 saturated heterocycles. The summed E-state index contributed by atoms with van der Waals surface area (Å²) in [6.45, 7) is 1.47. The first-order chi connectivity index (χ1) is 6.36. The third-order valence-electron chi connectivity index (χ3n) is 1.05. The van der Waals surface area contributed by atoms with Crippen molar-refractivity contribution in [1.82, 2.24) is 0 Å². The van der Waals surface area contributed by atoms with E-state index >= 15 is 0 Å². The van der Waals surface area contributed by atoms with Crippen LogP contribution in [-0.4, -0.2) is 25.1 Å². The third-order valence-corrected chi connectivity index (χ3v) is 1.05. The highest BCUT2D eigenvalue weighted by molar-refractivity contribution is 5.09. The van der Waals surface area contributed by atoms with E-state index in [0.717, 1.165) is 0 Å². The zero-order valence-electron chi connectivity index (χ0n) is 6.85. The fourth-order valence-corrected chi connectivity index (χ4v) is 0.215. The molecule has 0 aromatic rings. The molecule has 0 radical (unpaired) electrons. The van der Waals surface area contributed by atoms with Crippen molar-refractivity contribution in [3.05, 3.63) is 12.2 Å². The topological polar surface area (TPSA) is 12.5 Å². The van der Waals surface area contributed by atoms with Crippen molar-refractivity contribution in [2.24, 2.45) is 0 Å². The highest BCUT2D eigenvalue weighted by atomic mass is 19.4. The number of hydrogen-bond acceptors (Lipinski definition) is 1. The molecule has 1 nitrogen and oxygen atoms in total. The van der Waals surface area contributed by atoms with Crippen LogP contribution in [0.25, 0.3) is 0 Å². The molecule has 0 N–H and O–H groups in total. The predicted molar refractivity (Wildman–Crippen MR) is 32.1 cm³/mol. The summed E-state index contributed by atoms with van der Waals surface area (Å²) in [4.78, 5) is 0. The zero-order chi connectivity index (χ0) is 12.5. The predicted octanol–water partition coefficient (Wildman–Crippen LogP) is 3.28. The summed E-state index contributed by atoms with van der Waals surface area (Å²) >= 11 is 0. The Bertz CT molecular complexity index is 214. The monoisotopic (exact) mass is 244 g/mol. The molecule has 0 amide bonds. The van der Waals surface area contributed by atoms with Gasteiger partial charge in [0, 0.05) is 0 Å². The molecule has 0 aromatic carbocycles. The van der Waals surface area contributed by atoms with E-state index in [2.05, 4.69) is 4.74 Å². The van der Waals surface area contributed by atoms with Crippen molar-refractivity contribution in [2.45, 2.75) is 18.5 Å². The Hall–Kier alpha value is -0.860. The van der Waals surface area contributed by atoms with Gasteiger partial charge in [-0.3, -0.25) is 0 Å². The molecule has 0 spiro atoms. The fourth-order valence-electron chi connectivity index (χ4n) is 0.215. The summed E-state index contributed by atoms with van der Waals surface area (Å²) in [5, 5.41) is 0. The lowest BCUT2D eigenvalue weighted by Gasteiger charge is -2.12. The maximum absolute atomic E-state index is 11.1. The molecule has 0 saturated carbocycles. The van der Waals surface area contributed by atoms with E-state index in [-0.39, 0.29) is 6.61 Å². The van der Waals surface area contributed by atoms with Crippen LogP contribution in [0, 0.1) is 0 Å². The first-order valence-electron chi connectivity index (χ1n) is 3.21. The molecule has 0 aromatic heterocycles. The Balaban J connectivity index is 0.000000322. The third kappa shape index (κ3) is 6.26. The molecule has 15 heavy (non-hydrogen) atoms. The quantitative estimate of drug-likeness (QED) is 0.362. The van der Waals surface area contributed by atoms with Gasteiger partial charge in [0.1, 0.15) is 12.2 Å². The van der Waals surface area contributed by atoms with Crippen molar-refractivity contribution in [3.8, 4) is 0 Å². The van der Waals surface area contributed by atoms with Crippen molar-refractivity contribution in [2.75, 3.05) is 6.61 Å². The molecule has 1 aliphatic heterocycles. The van der Waals surface area contributed by atoms with E-state index in [1.165, 1.54) is 0 Å². The Kier molecular flexibility index (Phi) is 3.72. The van der Waals surface area contributed by atoms with Gasteiger partial charge < -0.3 is 4.74 Å². The van der Waals surface area contributed by atoms with Crippen molar-refractivity contribution in [3.63, 3.8) is 0 Å². The number of hydrogen-bond donors (Lipinski definition) is 0. The van der Waals surface area contributed by atoms with E-state index in [0.29, 0.717) is 0 Å². The summed E-state index contributed by atoms with van der Waals surface area (Å²) < 4.78 is 92.1. The first kappa shape index (κ1) is 14.1. The van der Waals surface area contributed by atoms with Gasteiger partial charge in [-0.15, -0.1) is 0 Å². The average Bonchev–Trinajstić information content (AvgIpc) is 2.62. The SMILES string of the molecule is C=C(C(F)(F)F)C(F)(F)F.FC1(F)CO1. The largest absolute Gasteiger partial charge is 0.420 e. The normalized spacial score (nSPS) is 18.9. The summed E-state index contributed by atoms with van der Waals surface area (Å²) in [7, 11) is 0. The van der Waals surface area contributed by atoms with Crippen molar-refractivity contribution < 1.29 is 39.9 Å². The number of halogens is 8. The number of ether oxygens (including phenoxy) is 1. The van der Waals surface area contributed by atoms with E-state index in [1.807, 2.05) is 6.58 Å². The second kappa shape index (κ2) is 3.95. The van der Waals surface area contributed by atoms with Gasteiger partial charge in [0.15, 0.2) is 0 Å². The molecule has 1 aliphatic rings. The van der Waals surface area contributed by atoms with Gasteiger partial charge in [-0.05, 0) is 0 Å². The van der Waals surface area contributed by atoms with Crippen LogP contribution in [0.15, 0.2) is 12.2 Å². The molecule has 1 heterocycles. The van der Waals surface area contributed by atoms with Crippen LogP contribution in [0.5, 0.6) is 0 Å². The zero-order valence-corrected chi connectivity index (χ0v) is 6.85. The molecule has 9 heteroatoms. The molecular formula is C6H4F8O. The van der Waals surface area contributed by atoms with Crippen molar-refractivity contribution in [1.29, 1.82) is 0 Å². The summed E-state index contributed by atoms with van der Waals surface area (Å²) in [6.07, 6.45) is -13.5. The molecular weight excluding hydrogens is 240 g/mol. The van der Waals surface area contributed by atoms with E-state index in [9.17, 15) is 35.1 Å². The molecule has 0 bridgehead atoms. The molecule has 0 unspecified atom stereocenters. The van der Waals surface area contributed by atoms with Crippen LogP contribution >= 0.6 is 0 Å². The van der Waals surface area contributed by atoms with E-state index in [1.54, 1.807) is 0 Å². The highest BCUT2D eigenvalue weighted by Gasteiger charge is 2.49. The lowest BCUT2D eigenvalue weighted by atomic mass is 10.3. The second-order valence-electron chi connectivity index (χ2n) is 2.40. The number of allylic oxidation sites excluding steroid dienone is 1. The minimum atomic E-state index is -5.38. The number of rotatable bonds is 0. The molecule has 1 rings (SSSR count). The molecule has 0 atom stereocenters. The van der Waals surface area contributed by atoms with Gasteiger partial charge in [0.2, 0.25) is 0 Å². The minimum Gasteiger partial charge on any atom is -0.309 e. The van der Waals surface area contributed by atoms with E-state index in [4.69, 9.17) is 0 Å². The average molecular weight is 244 g/mol. The minimum absolute atomic E-state index is 0.382. The second-order valence-corrected chi connectivity index (χ2v) is 2.40.